The summed E-state index contributed by atoms with van der Waals surface area (Å²) in [5.41, 5.74) is 0.542. The molecule has 0 atom stereocenters. The van der Waals surface area contributed by atoms with E-state index in [0.29, 0.717) is 12.1 Å². The van der Waals surface area contributed by atoms with Gasteiger partial charge in [-0.2, -0.15) is 0 Å². The Morgan fingerprint density at radius 2 is 1.95 bits per heavy atom. The summed E-state index contributed by atoms with van der Waals surface area (Å²) in [7, 11) is 1.85. The molecule has 0 bridgehead atoms. The van der Waals surface area contributed by atoms with Crippen LogP contribution in [-0.4, -0.2) is 28.8 Å². The molecule has 6 nitrogen and oxygen atoms in total. The van der Waals surface area contributed by atoms with E-state index in [2.05, 4.69) is 15.3 Å². The number of piperidine rings is 1. The lowest BCUT2D eigenvalue weighted by molar-refractivity contribution is -0.124. The number of carbonyl (C=O) groups excluding carboxylic acids is 1. The highest BCUT2D eigenvalue weighted by molar-refractivity contribution is 5.77. The van der Waals surface area contributed by atoms with Crippen molar-refractivity contribution < 1.29 is 4.79 Å². The van der Waals surface area contributed by atoms with Gasteiger partial charge in [-0.3, -0.25) is 19.4 Å². The predicted octanol–water partition coefficient (Wildman–Crippen LogP) is 0.976. The molecule has 0 aliphatic carbocycles. The maximum Gasteiger partial charge on any atom is 0.271 e. The summed E-state index contributed by atoms with van der Waals surface area (Å²) in [5, 5.41) is 5.63. The van der Waals surface area contributed by atoms with E-state index in [1.54, 1.807) is 4.68 Å². The summed E-state index contributed by atoms with van der Waals surface area (Å²) in [4.78, 5) is 25.9. The van der Waals surface area contributed by atoms with E-state index in [1.165, 1.54) is 6.42 Å². The van der Waals surface area contributed by atoms with Crippen molar-refractivity contribution in [3.63, 3.8) is 0 Å². The number of H-pyrrole nitrogens is 1. The molecule has 0 spiro atoms. The molecule has 6 heteroatoms. The second-order valence-corrected chi connectivity index (χ2v) is 5.72. The number of rotatable bonds is 4. The van der Waals surface area contributed by atoms with Crippen molar-refractivity contribution in [2.75, 3.05) is 18.0 Å². The van der Waals surface area contributed by atoms with E-state index in [-0.39, 0.29) is 17.4 Å². The molecular weight excluding hydrogens is 256 g/mol. The van der Waals surface area contributed by atoms with Gasteiger partial charge in [-0.1, -0.05) is 13.8 Å². The summed E-state index contributed by atoms with van der Waals surface area (Å²) in [6.07, 6.45) is 3.54. The summed E-state index contributed by atoms with van der Waals surface area (Å²) in [5.74, 6) is 0.813. The number of nitrogens with one attached hydrogen (secondary N) is 2. The van der Waals surface area contributed by atoms with Gasteiger partial charge in [-0.15, -0.1) is 0 Å². The van der Waals surface area contributed by atoms with Gasteiger partial charge in [0.2, 0.25) is 5.91 Å². The minimum absolute atomic E-state index is 0.0298. The van der Waals surface area contributed by atoms with E-state index in [0.717, 1.165) is 31.7 Å². The van der Waals surface area contributed by atoms with Gasteiger partial charge in [-0.25, -0.2) is 0 Å². The Morgan fingerprint density at radius 3 is 2.55 bits per heavy atom. The number of aryl methyl sites for hydroxylation is 1. The van der Waals surface area contributed by atoms with Gasteiger partial charge in [0.15, 0.2) is 0 Å². The molecule has 0 unspecified atom stereocenters. The van der Waals surface area contributed by atoms with E-state index in [4.69, 9.17) is 0 Å². The van der Waals surface area contributed by atoms with E-state index in [1.807, 2.05) is 20.9 Å². The van der Waals surface area contributed by atoms with Gasteiger partial charge in [0.25, 0.3) is 5.56 Å². The standard InChI is InChI=1S/C14H24N4O2/c1-10(2)12(19)15-9-11-13(20)16-17(3)14(11)18-7-5-4-6-8-18/h10H,4-9H2,1-3H3,(H,15,19)(H,16,20). The normalized spacial score (nSPS) is 15.7. The molecule has 20 heavy (non-hydrogen) atoms. The fraction of sp³-hybridized carbons (Fsp3) is 0.714. The molecule has 1 aliphatic rings. The van der Waals surface area contributed by atoms with Crippen molar-refractivity contribution in [2.24, 2.45) is 13.0 Å². The third kappa shape index (κ3) is 3.05. The molecule has 1 aromatic heterocycles. The van der Waals surface area contributed by atoms with Crippen LogP contribution in [0.2, 0.25) is 0 Å². The number of anilines is 1. The molecule has 1 amide bonds. The van der Waals surface area contributed by atoms with Gasteiger partial charge in [0.1, 0.15) is 5.82 Å². The first-order valence-corrected chi connectivity index (χ1v) is 7.31. The van der Waals surface area contributed by atoms with Crippen LogP contribution in [0.15, 0.2) is 4.79 Å². The Kier molecular flexibility index (Phi) is 4.52. The third-order valence-corrected chi connectivity index (χ3v) is 3.75. The quantitative estimate of drug-likeness (QED) is 0.863. The van der Waals surface area contributed by atoms with Crippen LogP contribution in [0.5, 0.6) is 0 Å². The van der Waals surface area contributed by atoms with Crippen molar-refractivity contribution in [2.45, 2.75) is 39.7 Å². The van der Waals surface area contributed by atoms with Gasteiger partial charge in [0, 0.05) is 26.1 Å². The molecular formula is C14H24N4O2. The highest BCUT2D eigenvalue weighted by atomic mass is 16.2. The first kappa shape index (κ1) is 14.7. The minimum Gasteiger partial charge on any atom is -0.356 e. The summed E-state index contributed by atoms with van der Waals surface area (Å²) in [6.45, 7) is 5.91. The molecule has 0 saturated carbocycles. The predicted molar refractivity (Wildman–Crippen MR) is 78.8 cm³/mol. The van der Waals surface area contributed by atoms with Crippen molar-refractivity contribution in [1.29, 1.82) is 0 Å². The summed E-state index contributed by atoms with van der Waals surface area (Å²) >= 11 is 0. The van der Waals surface area contributed by atoms with E-state index >= 15 is 0 Å². The Balaban J connectivity index is 2.19. The Hall–Kier alpha value is -1.72. The number of carbonyl (C=O) groups is 1. The molecule has 0 aromatic carbocycles. The number of nitrogens with zero attached hydrogens (tertiary/aromatic N) is 2. The van der Waals surface area contributed by atoms with Crippen molar-refractivity contribution >= 4 is 11.7 Å². The fourth-order valence-corrected chi connectivity index (χ4v) is 2.62. The maximum atomic E-state index is 12.0. The molecule has 0 radical (unpaired) electrons. The fourth-order valence-electron chi connectivity index (χ4n) is 2.62. The molecule has 1 saturated heterocycles. The van der Waals surface area contributed by atoms with Crippen LogP contribution in [0.25, 0.3) is 0 Å². The molecule has 2 rings (SSSR count). The molecule has 112 valence electrons. The smallest absolute Gasteiger partial charge is 0.271 e. The van der Waals surface area contributed by atoms with Crippen LogP contribution in [0, 0.1) is 5.92 Å². The third-order valence-electron chi connectivity index (χ3n) is 3.75. The lowest BCUT2D eigenvalue weighted by atomic mass is 10.1. The van der Waals surface area contributed by atoms with Crippen molar-refractivity contribution in [3.8, 4) is 0 Å². The summed E-state index contributed by atoms with van der Waals surface area (Å²) in [6, 6.07) is 0. The van der Waals surface area contributed by atoms with Crippen LogP contribution in [0.3, 0.4) is 0 Å². The molecule has 1 aromatic rings. The monoisotopic (exact) mass is 280 g/mol. The highest BCUT2D eigenvalue weighted by Crippen LogP contribution is 2.21. The molecule has 1 aliphatic heterocycles. The Bertz CT molecular complexity index is 524. The topological polar surface area (TPSA) is 70.1 Å². The van der Waals surface area contributed by atoms with Crippen LogP contribution < -0.4 is 15.8 Å². The van der Waals surface area contributed by atoms with Gasteiger partial charge in [-0.05, 0) is 19.3 Å². The average Bonchev–Trinajstić information content (AvgIpc) is 2.71. The van der Waals surface area contributed by atoms with Crippen LogP contribution >= 0.6 is 0 Å². The Morgan fingerprint density at radius 1 is 1.30 bits per heavy atom. The van der Waals surface area contributed by atoms with Crippen LogP contribution in [0.1, 0.15) is 38.7 Å². The number of amides is 1. The highest BCUT2D eigenvalue weighted by Gasteiger charge is 2.21. The lowest BCUT2D eigenvalue weighted by Gasteiger charge is -2.29. The molecule has 1 fully saturated rings. The van der Waals surface area contributed by atoms with Crippen LogP contribution in [-0.2, 0) is 18.4 Å². The number of hydrogen-bond donors (Lipinski definition) is 2. The zero-order valence-corrected chi connectivity index (χ0v) is 12.5. The molecule has 2 N–H and O–H groups in total. The zero-order valence-electron chi connectivity index (χ0n) is 12.5. The second kappa shape index (κ2) is 6.15. The average molecular weight is 280 g/mol. The number of aromatic amines is 1. The lowest BCUT2D eigenvalue weighted by Crippen LogP contribution is -2.34. The van der Waals surface area contributed by atoms with E-state index in [9.17, 15) is 9.59 Å². The minimum atomic E-state index is -0.114. The Labute approximate surface area is 119 Å². The van der Waals surface area contributed by atoms with Gasteiger partial charge >= 0.3 is 0 Å². The number of aromatic nitrogens is 2. The van der Waals surface area contributed by atoms with E-state index < -0.39 is 0 Å². The number of hydrogen-bond acceptors (Lipinski definition) is 3. The zero-order chi connectivity index (χ0) is 14.7. The van der Waals surface area contributed by atoms with Crippen LogP contribution in [0.4, 0.5) is 5.82 Å². The SMILES string of the molecule is CC(C)C(=O)NCc1c(N2CCCCC2)n(C)[nH]c1=O. The summed E-state index contributed by atoms with van der Waals surface area (Å²) < 4.78 is 1.77. The van der Waals surface area contributed by atoms with Gasteiger partial charge < -0.3 is 10.2 Å². The maximum absolute atomic E-state index is 12.0. The largest absolute Gasteiger partial charge is 0.356 e. The molecule has 2 heterocycles. The van der Waals surface area contributed by atoms with Crippen molar-refractivity contribution in [3.05, 3.63) is 15.9 Å². The van der Waals surface area contributed by atoms with Gasteiger partial charge in [0.05, 0.1) is 12.1 Å². The second-order valence-electron chi connectivity index (χ2n) is 5.72. The first-order valence-electron chi connectivity index (χ1n) is 7.31. The first-order chi connectivity index (χ1) is 9.50. The van der Waals surface area contributed by atoms with Crippen molar-refractivity contribution in [1.82, 2.24) is 15.1 Å².